The van der Waals surface area contributed by atoms with E-state index in [1.165, 1.54) is 42.7 Å². The van der Waals surface area contributed by atoms with Crippen molar-refractivity contribution in [1.82, 2.24) is 15.0 Å². The van der Waals surface area contributed by atoms with Crippen LogP contribution in [0.1, 0.15) is 42.6 Å². The molecule has 3 N–H and O–H groups in total. The van der Waals surface area contributed by atoms with Gasteiger partial charge in [0, 0.05) is 5.56 Å². The molecule has 0 bridgehead atoms. The van der Waals surface area contributed by atoms with Crippen molar-refractivity contribution in [2.24, 2.45) is 0 Å². The number of hydrogen-bond acceptors (Lipinski definition) is 13. The molecule has 0 spiro atoms. The molecule has 10 rings (SSSR count). The van der Waals surface area contributed by atoms with Crippen molar-refractivity contribution in [2.75, 3.05) is 6.79 Å². The number of aromatic carboxylic acids is 3. The van der Waals surface area contributed by atoms with Gasteiger partial charge in [0.15, 0.2) is 34.0 Å². The predicted octanol–water partition coefficient (Wildman–Crippen LogP) is 9.11. The minimum absolute atomic E-state index is 0.163. The number of aromatic nitrogens is 3. The van der Waals surface area contributed by atoms with E-state index in [9.17, 15) is 14.4 Å². The smallest absolute Gasteiger partial charge is 0.335 e. The molecule has 0 unspecified atom stereocenters. The maximum atomic E-state index is 11.0. The van der Waals surface area contributed by atoms with Crippen LogP contribution >= 0.6 is 0 Å². The number of aryl methyl sites for hydroxylation is 2. The average molecular weight is 770 g/mol. The van der Waals surface area contributed by atoms with Crippen molar-refractivity contribution in [3.05, 3.63) is 125 Å². The molecule has 4 aromatic carbocycles. The Morgan fingerprint density at radius 3 is 1.79 bits per heavy atom. The Morgan fingerprint density at radius 1 is 0.561 bits per heavy atom. The van der Waals surface area contributed by atoms with E-state index in [0.29, 0.717) is 68.2 Å². The number of carboxylic acid groups (broad SMARTS) is 3. The topological polar surface area (TPSA) is 235 Å². The zero-order chi connectivity index (χ0) is 39.8. The number of ether oxygens (including phenoxy) is 2. The van der Waals surface area contributed by atoms with Crippen LogP contribution in [0.25, 0.3) is 67.9 Å². The molecule has 0 atom stereocenters. The van der Waals surface area contributed by atoms with E-state index in [4.69, 9.17) is 46.9 Å². The molecule has 284 valence electrons. The molecule has 5 aromatic heterocycles. The van der Waals surface area contributed by atoms with Crippen LogP contribution in [0.2, 0.25) is 0 Å². The quantitative estimate of drug-likeness (QED) is 0.143. The lowest BCUT2D eigenvalue weighted by atomic mass is 10.2. The highest BCUT2D eigenvalue weighted by atomic mass is 16.7. The fraction of sp³-hybridized carbons (Fsp3) is 0.0732. The molecular formula is C41H27N3O13. The van der Waals surface area contributed by atoms with Crippen LogP contribution in [-0.2, 0) is 0 Å². The Bertz CT molecular complexity index is 2970. The Morgan fingerprint density at radius 2 is 1.16 bits per heavy atom. The van der Waals surface area contributed by atoms with Crippen LogP contribution in [0.15, 0.2) is 119 Å². The van der Waals surface area contributed by atoms with Gasteiger partial charge in [0.2, 0.25) is 18.6 Å². The summed E-state index contributed by atoms with van der Waals surface area (Å²) in [6.45, 7) is 3.88. The molecular weight excluding hydrogens is 742 g/mol. The monoisotopic (exact) mass is 769 g/mol. The second-order valence-electron chi connectivity index (χ2n) is 12.4. The van der Waals surface area contributed by atoms with Gasteiger partial charge in [0.05, 0.1) is 28.5 Å². The van der Waals surface area contributed by atoms with E-state index in [1.807, 2.05) is 26.0 Å². The van der Waals surface area contributed by atoms with Crippen molar-refractivity contribution in [3.63, 3.8) is 0 Å². The Kier molecular flexibility index (Phi) is 9.18. The molecule has 0 radical (unpaired) electrons. The van der Waals surface area contributed by atoms with Gasteiger partial charge >= 0.3 is 17.9 Å². The first-order chi connectivity index (χ1) is 27.5. The second-order valence-corrected chi connectivity index (χ2v) is 12.4. The van der Waals surface area contributed by atoms with Gasteiger partial charge in [-0.15, -0.1) is 0 Å². The number of fused-ring (bicyclic) bond motifs is 4. The first kappa shape index (κ1) is 35.9. The van der Waals surface area contributed by atoms with Crippen molar-refractivity contribution >= 4 is 51.2 Å². The van der Waals surface area contributed by atoms with Crippen LogP contribution in [0, 0.1) is 13.8 Å². The molecule has 1 aliphatic heterocycles. The zero-order valence-corrected chi connectivity index (χ0v) is 29.7. The first-order valence-electron chi connectivity index (χ1n) is 16.9. The lowest BCUT2D eigenvalue weighted by Crippen LogP contribution is -1.94. The highest BCUT2D eigenvalue weighted by molar-refractivity contribution is 5.94. The van der Waals surface area contributed by atoms with Gasteiger partial charge in [0.1, 0.15) is 28.1 Å². The molecule has 0 saturated carbocycles. The van der Waals surface area contributed by atoms with E-state index in [0.717, 1.165) is 22.6 Å². The third-order valence-electron chi connectivity index (χ3n) is 8.53. The maximum absolute atomic E-state index is 11.0. The number of carbonyl (C=O) groups is 3. The number of benzene rings is 4. The number of nitrogens with zero attached hydrogens (tertiary/aromatic N) is 3. The molecule has 57 heavy (non-hydrogen) atoms. The molecule has 0 aliphatic carbocycles. The second kappa shape index (κ2) is 14.6. The maximum Gasteiger partial charge on any atom is 0.335 e. The molecule has 1 aliphatic rings. The fourth-order valence-corrected chi connectivity index (χ4v) is 5.80. The number of rotatable bonds is 6. The highest BCUT2D eigenvalue weighted by Crippen LogP contribution is 2.36. The van der Waals surface area contributed by atoms with E-state index in [2.05, 4.69) is 15.0 Å². The Hall–Kier alpha value is -8.14. The largest absolute Gasteiger partial charge is 0.478 e. The summed E-state index contributed by atoms with van der Waals surface area (Å²) in [6.07, 6.45) is 1.52. The molecule has 0 fully saturated rings. The predicted molar refractivity (Wildman–Crippen MR) is 199 cm³/mol. The van der Waals surface area contributed by atoms with Crippen molar-refractivity contribution < 1.29 is 61.3 Å². The van der Waals surface area contributed by atoms with Crippen LogP contribution in [0.5, 0.6) is 11.5 Å². The fourth-order valence-electron chi connectivity index (χ4n) is 5.80. The SMILES string of the molecule is Cc1cc(-c2nc3cc(C(=O)O)ccc3o2)c(C)o1.O=C(O)c1ccc2nc(-c3ccc4c(c3)OCO4)oc2c1.O=C(O)c1ccc2oc(-c3ccco3)nc2c1. The minimum Gasteiger partial charge on any atom is -0.478 e. The van der Waals surface area contributed by atoms with Gasteiger partial charge in [-0.1, -0.05) is 0 Å². The Balaban J connectivity index is 0.000000120. The Labute approximate surface area is 319 Å². The van der Waals surface area contributed by atoms with Gasteiger partial charge in [-0.2, -0.15) is 0 Å². The standard InChI is InChI=1S/C15H9NO5.C14H11NO4.C12H7NO4/c17-15(18)9-1-3-10-12(6-9)21-14(16-10)8-2-4-11-13(5-8)20-7-19-11;1-7-5-10(8(2)18-7)13-15-11-6-9(14(16)17)3-4-12(11)19-13;14-12(15)7-3-4-9-8(6-7)13-11(17-9)10-2-1-5-16-10/h1-6H,7H2,(H,17,18);3-6H,1-2H3,(H,16,17);1-6H,(H,14,15). The molecule has 0 saturated heterocycles. The van der Waals surface area contributed by atoms with Crippen LogP contribution in [-0.4, -0.2) is 55.0 Å². The van der Waals surface area contributed by atoms with Crippen molar-refractivity contribution in [1.29, 1.82) is 0 Å². The summed E-state index contributed by atoms with van der Waals surface area (Å²) in [5.74, 6) is 1.55. The van der Waals surface area contributed by atoms with Gasteiger partial charge in [0.25, 0.3) is 5.89 Å². The summed E-state index contributed by atoms with van der Waals surface area (Å²) in [5.41, 5.74) is 5.19. The van der Waals surface area contributed by atoms with Crippen LogP contribution in [0.3, 0.4) is 0 Å². The highest BCUT2D eigenvalue weighted by Gasteiger charge is 2.18. The third kappa shape index (κ3) is 7.37. The van der Waals surface area contributed by atoms with Crippen molar-refractivity contribution in [3.8, 4) is 46.1 Å². The molecule has 9 aromatic rings. The van der Waals surface area contributed by atoms with E-state index in [-0.39, 0.29) is 23.5 Å². The molecule has 16 heteroatoms. The number of furan rings is 2. The van der Waals surface area contributed by atoms with Crippen LogP contribution in [0.4, 0.5) is 0 Å². The summed E-state index contributed by atoms with van der Waals surface area (Å²) in [5, 5.41) is 26.8. The molecule has 16 nitrogen and oxygen atoms in total. The molecule has 0 amide bonds. The normalized spacial score (nSPS) is 11.6. The van der Waals surface area contributed by atoms with Gasteiger partial charge in [-0.05, 0) is 105 Å². The first-order valence-corrected chi connectivity index (χ1v) is 16.9. The van der Waals surface area contributed by atoms with E-state index >= 15 is 0 Å². The summed E-state index contributed by atoms with van der Waals surface area (Å²) >= 11 is 0. The third-order valence-corrected chi connectivity index (χ3v) is 8.53. The minimum atomic E-state index is -1.00. The summed E-state index contributed by atoms with van der Waals surface area (Å²) in [4.78, 5) is 45.5. The summed E-state index contributed by atoms with van der Waals surface area (Å²) in [7, 11) is 0. The van der Waals surface area contributed by atoms with Crippen molar-refractivity contribution in [2.45, 2.75) is 13.8 Å². The summed E-state index contributed by atoms with van der Waals surface area (Å²) in [6, 6.07) is 24.4. The average Bonchev–Trinajstić information content (AvgIpc) is 4.05. The molecule has 6 heterocycles. The van der Waals surface area contributed by atoms with Gasteiger partial charge in [-0.25, -0.2) is 29.3 Å². The number of oxazole rings is 3. The van der Waals surface area contributed by atoms with Crippen LogP contribution < -0.4 is 9.47 Å². The zero-order valence-electron chi connectivity index (χ0n) is 29.7. The van der Waals surface area contributed by atoms with Gasteiger partial charge in [-0.3, -0.25) is 0 Å². The lowest BCUT2D eigenvalue weighted by molar-refractivity contribution is 0.0686. The van der Waals surface area contributed by atoms with E-state index in [1.54, 1.807) is 42.5 Å². The van der Waals surface area contributed by atoms with E-state index < -0.39 is 17.9 Å². The van der Waals surface area contributed by atoms with Gasteiger partial charge < -0.3 is 46.9 Å². The number of carboxylic acids is 3. The summed E-state index contributed by atoms with van der Waals surface area (Å²) < 4.78 is 37.9. The number of hydrogen-bond donors (Lipinski definition) is 3. The lowest BCUT2D eigenvalue weighted by Gasteiger charge is -1.98.